The molecule has 116 valence electrons. The van der Waals surface area contributed by atoms with E-state index in [1.165, 1.54) is 0 Å². The highest BCUT2D eigenvalue weighted by molar-refractivity contribution is 6.42. The quantitative estimate of drug-likeness (QED) is 0.837. The van der Waals surface area contributed by atoms with Crippen LogP contribution in [0.4, 0.5) is 5.69 Å². The summed E-state index contributed by atoms with van der Waals surface area (Å²) in [4.78, 5) is 12.2. The molecule has 1 atom stereocenters. The number of ether oxygens (including phenoxy) is 1. The highest BCUT2D eigenvalue weighted by Gasteiger charge is 2.16. The molecule has 1 N–H and O–H groups in total. The first-order valence-electron chi connectivity index (χ1n) is 7.01. The van der Waals surface area contributed by atoms with Crippen LogP contribution in [-0.4, -0.2) is 12.0 Å². The van der Waals surface area contributed by atoms with Crippen molar-refractivity contribution in [2.75, 3.05) is 5.32 Å². The number of nitrogens with one attached hydrogen (secondary N) is 1. The number of benzene rings is 2. The Kier molecular flexibility index (Phi) is 5.69. The lowest BCUT2D eigenvalue weighted by molar-refractivity contribution is -0.122. The molecule has 0 saturated carbocycles. The zero-order valence-corrected chi connectivity index (χ0v) is 13.9. The summed E-state index contributed by atoms with van der Waals surface area (Å²) in [7, 11) is 0. The van der Waals surface area contributed by atoms with E-state index in [0.717, 1.165) is 17.7 Å². The Morgan fingerprint density at radius 2 is 1.91 bits per heavy atom. The Morgan fingerprint density at radius 1 is 1.18 bits per heavy atom. The number of amides is 1. The molecule has 0 saturated heterocycles. The van der Waals surface area contributed by atoms with Crippen LogP contribution in [0.5, 0.6) is 5.75 Å². The van der Waals surface area contributed by atoms with Crippen LogP contribution in [0.25, 0.3) is 0 Å². The molecular formula is C17H17Cl2NO2. The minimum absolute atomic E-state index is 0.246. The van der Waals surface area contributed by atoms with Gasteiger partial charge in [0.05, 0.1) is 10.0 Å². The Labute approximate surface area is 140 Å². The summed E-state index contributed by atoms with van der Waals surface area (Å²) in [5.41, 5.74) is 1.65. The molecule has 22 heavy (non-hydrogen) atoms. The molecule has 0 heterocycles. The molecule has 5 heteroatoms. The Hall–Kier alpha value is -1.71. The van der Waals surface area contributed by atoms with E-state index < -0.39 is 6.10 Å². The van der Waals surface area contributed by atoms with Crippen LogP contribution in [0, 0.1) is 0 Å². The second kappa shape index (κ2) is 7.52. The zero-order chi connectivity index (χ0) is 16.1. The Balaban J connectivity index is 2.04. The summed E-state index contributed by atoms with van der Waals surface area (Å²) < 4.78 is 5.75. The standard InChI is InChI=1S/C17H17Cl2NO2/c1-3-12-6-4-5-7-16(12)22-11(2)17(21)20-13-8-9-14(18)15(19)10-13/h4-11H,3H2,1-2H3,(H,20,21)/t11-/m1/s1. The second-order valence-corrected chi connectivity index (χ2v) is 5.65. The van der Waals surface area contributed by atoms with E-state index >= 15 is 0 Å². The maximum Gasteiger partial charge on any atom is 0.265 e. The normalized spacial score (nSPS) is 11.8. The van der Waals surface area contributed by atoms with Gasteiger partial charge in [-0.25, -0.2) is 0 Å². The average molecular weight is 338 g/mol. The van der Waals surface area contributed by atoms with Gasteiger partial charge >= 0.3 is 0 Å². The molecule has 2 aromatic carbocycles. The number of hydrogen-bond donors (Lipinski definition) is 1. The van der Waals surface area contributed by atoms with E-state index in [9.17, 15) is 4.79 Å². The highest BCUT2D eigenvalue weighted by atomic mass is 35.5. The molecule has 0 radical (unpaired) electrons. The summed E-state index contributed by atoms with van der Waals surface area (Å²) in [6.07, 6.45) is 0.222. The van der Waals surface area contributed by atoms with Gasteiger partial charge in [0, 0.05) is 5.69 Å². The van der Waals surface area contributed by atoms with Crippen LogP contribution in [0.2, 0.25) is 10.0 Å². The molecule has 0 bridgehead atoms. The smallest absolute Gasteiger partial charge is 0.265 e. The van der Waals surface area contributed by atoms with Gasteiger partial charge in [-0.1, -0.05) is 48.3 Å². The number of anilines is 1. The van der Waals surface area contributed by atoms with Crippen molar-refractivity contribution in [3.8, 4) is 5.75 Å². The second-order valence-electron chi connectivity index (χ2n) is 4.84. The average Bonchev–Trinajstić information content (AvgIpc) is 2.51. The fourth-order valence-corrected chi connectivity index (χ4v) is 2.27. The summed E-state index contributed by atoms with van der Waals surface area (Å²) in [6, 6.07) is 12.6. The van der Waals surface area contributed by atoms with Crippen molar-refractivity contribution >= 4 is 34.8 Å². The summed E-state index contributed by atoms with van der Waals surface area (Å²) in [5, 5.41) is 3.60. The van der Waals surface area contributed by atoms with Crippen LogP contribution in [0.3, 0.4) is 0 Å². The SMILES string of the molecule is CCc1ccccc1O[C@H](C)C(=O)Nc1ccc(Cl)c(Cl)c1. The zero-order valence-electron chi connectivity index (χ0n) is 12.4. The van der Waals surface area contributed by atoms with Gasteiger partial charge in [-0.15, -0.1) is 0 Å². The van der Waals surface area contributed by atoms with E-state index in [-0.39, 0.29) is 5.91 Å². The maximum atomic E-state index is 12.2. The van der Waals surface area contributed by atoms with Gasteiger partial charge in [-0.05, 0) is 43.2 Å². The predicted octanol–water partition coefficient (Wildman–Crippen LogP) is 4.96. The van der Waals surface area contributed by atoms with Crippen molar-refractivity contribution in [1.29, 1.82) is 0 Å². The summed E-state index contributed by atoms with van der Waals surface area (Å²) in [6.45, 7) is 3.75. The third kappa shape index (κ3) is 4.15. The van der Waals surface area contributed by atoms with Gasteiger partial charge in [0.25, 0.3) is 5.91 Å². The first-order valence-corrected chi connectivity index (χ1v) is 7.77. The van der Waals surface area contributed by atoms with Gasteiger partial charge in [-0.3, -0.25) is 4.79 Å². The fraction of sp³-hybridized carbons (Fsp3) is 0.235. The minimum Gasteiger partial charge on any atom is -0.481 e. The number of carbonyl (C=O) groups excluding carboxylic acids is 1. The molecule has 0 unspecified atom stereocenters. The largest absolute Gasteiger partial charge is 0.481 e. The number of aryl methyl sites for hydroxylation is 1. The monoisotopic (exact) mass is 337 g/mol. The first-order chi connectivity index (χ1) is 10.5. The highest BCUT2D eigenvalue weighted by Crippen LogP contribution is 2.25. The van der Waals surface area contributed by atoms with Gasteiger partial charge in [0.15, 0.2) is 6.10 Å². The molecule has 2 rings (SSSR count). The molecule has 3 nitrogen and oxygen atoms in total. The van der Waals surface area contributed by atoms with Crippen LogP contribution < -0.4 is 10.1 Å². The summed E-state index contributed by atoms with van der Waals surface area (Å²) >= 11 is 11.8. The Bertz CT molecular complexity index is 673. The number of carbonyl (C=O) groups is 1. The van der Waals surface area contributed by atoms with Crippen molar-refractivity contribution in [3.63, 3.8) is 0 Å². The lowest BCUT2D eigenvalue weighted by Crippen LogP contribution is -2.30. The number of hydrogen-bond acceptors (Lipinski definition) is 2. The fourth-order valence-electron chi connectivity index (χ4n) is 1.97. The third-order valence-corrected chi connectivity index (χ3v) is 3.95. The lowest BCUT2D eigenvalue weighted by Gasteiger charge is -2.17. The molecule has 0 aliphatic heterocycles. The van der Waals surface area contributed by atoms with E-state index in [4.69, 9.17) is 27.9 Å². The molecule has 1 amide bonds. The maximum absolute atomic E-state index is 12.2. The topological polar surface area (TPSA) is 38.3 Å². The van der Waals surface area contributed by atoms with Gasteiger partial charge in [-0.2, -0.15) is 0 Å². The lowest BCUT2D eigenvalue weighted by atomic mass is 10.1. The van der Waals surface area contributed by atoms with Crippen molar-refractivity contribution in [3.05, 3.63) is 58.1 Å². The van der Waals surface area contributed by atoms with Crippen LogP contribution >= 0.6 is 23.2 Å². The molecule has 0 fully saturated rings. The molecule has 0 spiro atoms. The molecule has 0 aliphatic carbocycles. The van der Waals surface area contributed by atoms with E-state index in [1.807, 2.05) is 31.2 Å². The van der Waals surface area contributed by atoms with Gasteiger partial charge in [0.1, 0.15) is 5.75 Å². The molecular weight excluding hydrogens is 321 g/mol. The van der Waals surface area contributed by atoms with Crippen molar-refractivity contribution in [2.24, 2.45) is 0 Å². The van der Waals surface area contributed by atoms with E-state index in [2.05, 4.69) is 5.32 Å². The number of halogens is 2. The van der Waals surface area contributed by atoms with Crippen LogP contribution in [0.15, 0.2) is 42.5 Å². The van der Waals surface area contributed by atoms with Crippen molar-refractivity contribution in [1.82, 2.24) is 0 Å². The summed E-state index contributed by atoms with van der Waals surface area (Å²) in [5.74, 6) is 0.478. The van der Waals surface area contributed by atoms with Gasteiger partial charge in [0.2, 0.25) is 0 Å². The van der Waals surface area contributed by atoms with Crippen LogP contribution in [-0.2, 0) is 11.2 Å². The molecule has 0 aliphatic rings. The van der Waals surface area contributed by atoms with E-state index in [1.54, 1.807) is 25.1 Å². The van der Waals surface area contributed by atoms with Gasteiger partial charge < -0.3 is 10.1 Å². The first kappa shape index (κ1) is 16.7. The predicted molar refractivity (Wildman–Crippen MR) is 91.0 cm³/mol. The Morgan fingerprint density at radius 3 is 2.59 bits per heavy atom. The third-order valence-electron chi connectivity index (χ3n) is 3.21. The van der Waals surface area contributed by atoms with Crippen LogP contribution in [0.1, 0.15) is 19.4 Å². The minimum atomic E-state index is -0.623. The molecule has 0 aromatic heterocycles. The molecule has 2 aromatic rings. The van der Waals surface area contributed by atoms with E-state index in [0.29, 0.717) is 15.7 Å². The van der Waals surface area contributed by atoms with Crippen molar-refractivity contribution < 1.29 is 9.53 Å². The number of rotatable bonds is 5. The van der Waals surface area contributed by atoms with Crippen molar-refractivity contribution in [2.45, 2.75) is 26.4 Å². The number of para-hydroxylation sites is 1.